The Balaban J connectivity index is 2.41. The molecule has 0 fully saturated rings. The number of ether oxygens (including phenoxy) is 1. The molecule has 0 atom stereocenters. The van der Waals surface area contributed by atoms with E-state index in [0.717, 1.165) is 11.5 Å². The molecule has 0 saturated carbocycles. The fourth-order valence-electron chi connectivity index (χ4n) is 1.31. The third kappa shape index (κ3) is 2.51. The molecule has 0 unspecified atom stereocenters. The van der Waals surface area contributed by atoms with Crippen molar-refractivity contribution in [1.29, 1.82) is 0 Å². The van der Waals surface area contributed by atoms with Gasteiger partial charge in [0.25, 0.3) is 10.0 Å². The van der Waals surface area contributed by atoms with Crippen molar-refractivity contribution in [3.8, 4) is 5.75 Å². The lowest BCUT2D eigenvalue weighted by Crippen LogP contribution is -2.13. The molecular weight excluding hydrogens is 276 g/mol. The van der Waals surface area contributed by atoms with E-state index in [9.17, 15) is 8.42 Å². The van der Waals surface area contributed by atoms with Crippen LogP contribution in [0.1, 0.15) is 0 Å². The highest BCUT2D eigenvalue weighted by atomic mass is 32.2. The molecule has 18 heavy (non-hydrogen) atoms. The van der Waals surface area contributed by atoms with Crippen LogP contribution in [0, 0.1) is 0 Å². The van der Waals surface area contributed by atoms with Crippen molar-refractivity contribution in [3.63, 3.8) is 0 Å². The van der Waals surface area contributed by atoms with E-state index in [0.29, 0.717) is 10.7 Å². The molecule has 2 rings (SSSR count). The average Bonchev–Trinajstić information content (AvgIpc) is 2.80. The maximum absolute atomic E-state index is 12.1. The quantitative estimate of drug-likeness (QED) is 0.810. The zero-order chi connectivity index (χ0) is 13.2. The second-order valence-corrected chi connectivity index (χ2v) is 5.73. The van der Waals surface area contributed by atoms with Gasteiger partial charge in [0.2, 0.25) is 0 Å². The van der Waals surface area contributed by atoms with Crippen molar-refractivity contribution >= 4 is 32.2 Å². The Morgan fingerprint density at radius 1 is 1.44 bits per heavy atom. The summed E-state index contributed by atoms with van der Waals surface area (Å²) in [6.07, 6.45) is 1.33. The lowest BCUT2D eigenvalue weighted by Gasteiger charge is -2.10. The summed E-state index contributed by atoms with van der Waals surface area (Å²) < 4.78 is 35.1. The summed E-state index contributed by atoms with van der Waals surface area (Å²) in [5, 5.41) is 3.87. The summed E-state index contributed by atoms with van der Waals surface area (Å²) in [5.41, 5.74) is 5.99. The third-order valence-corrected chi connectivity index (χ3v) is 4.19. The molecule has 0 aliphatic rings. The Morgan fingerprint density at radius 3 is 2.83 bits per heavy atom. The molecular formula is C9H10N4O3S2. The second kappa shape index (κ2) is 4.78. The molecule has 2 aromatic rings. The van der Waals surface area contributed by atoms with Crippen LogP contribution in [-0.4, -0.2) is 25.1 Å². The van der Waals surface area contributed by atoms with Gasteiger partial charge in [0.1, 0.15) is 15.6 Å². The summed E-state index contributed by atoms with van der Waals surface area (Å²) >= 11 is 0.944. The van der Waals surface area contributed by atoms with E-state index in [-0.39, 0.29) is 10.6 Å². The fourth-order valence-corrected chi connectivity index (χ4v) is 3.14. The van der Waals surface area contributed by atoms with Gasteiger partial charge in [-0.3, -0.25) is 4.72 Å². The Bertz CT molecular complexity index is 640. The molecule has 0 saturated heterocycles. The molecule has 0 bridgehead atoms. The van der Waals surface area contributed by atoms with Gasteiger partial charge in [-0.1, -0.05) is 4.49 Å². The van der Waals surface area contributed by atoms with Crippen molar-refractivity contribution in [3.05, 3.63) is 24.4 Å². The van der Waals surface area contributed by atoms with E-state index in [2.05, 4.69) is 14.3 Å². The Kier molecular flexibility index (Phi) is 3.34. The van der Waals surface area contributed by atoms with Crippen LogP contribution in [0.25, 0.3) is 0 Å². The number of sulfonamides is 1. The number of aromatic nitrogens is 2. The number of benzene rings is 1. The molecule has 1 aromatic heterocycles. The van der Waals surface area contributed by atoms with Crippen molar-refractivity contribution in [2.24, 2.45) is 0 Å². The zero-order valence-electron chi connectivity index (χ0n) is 9.32. The van der Waals surface area contributed by atoms with E-state index >= 15 is 0 Å². The first kappa shape index (κ1) is 12.6. The second-order valence-electron chi connectivity index (χ2n) is 3.30. The first-order chi connectivity index (χ1) is 8.53. The summed E-state index contributed by atoms with van der Waals surface area (Å²) in [4.78, 5) is 0.00704. The van der Waals surface area contributed by atoms with Gasteiger partial charge in [-0.05, 0) is 12.1 Å². The predicted octanol–water partition coefficient (Wildman–Crippen LogP) is 0.930. The normalized spacial score (nSPS) is 11.2. The number of nitrogen functional groups attached to an aromatic ring is 1. The van der Waals surface area contributed by atoms with Gasteiger partial charge in [0, 0.05) is 23.3 Å². The molecule has 0 radical (unpaired) electrons. The first-order valence-electron chi connectivity index (χ1n) is 4.76. The van der Waals surface area contributed by atoms with Crippen molar-refractivity contribution in [2.45, 2.75) is 4.90 Å². The molecule has 96 valence electrons. The van der Waals surface area contributed by atoms with Gasteiger partial charge in [-0.2, -0.15) is 0 Å². The van der Waals surface area contributed by atoms with E-state index in [1.807, 2.05) is 0 Å². The van der Waals surface area contributed by atoms with Gasteiger partial charge in [0.15, 0.2) is 0 Å². The Labute approximate surface area is 108 Å². The minimum absolute atomic E-state index is 0.00704. The van der Waals surface area contributed by atoms with Gasteiger partial charge < -0.3 is 10.5 Å². The van der Waals surface area contributed by atoms with E-state index in [1.54, 1.807) is 0 Å². The molecule has 1 aromatic carbocycles. The highest BCUT2D eigenvalue weighted by Gasteiger charge is 2.20. The van der Waals surface area contributed by atoms with Crippen LogP contribution >= 0.6 is 11.5 Å². The first-order valence-corrected chi connectivity index (χ1v) is 7.02. The van der Waals surface area contributed by atoms with Crippen LogP contribution in [0.2, 0.25) is 0 Å². The van der Waals surface area contributed by atoms with E-state index < -0.39 is 10.0 Å². The van der Waals surface area contributed by atoms with E-state index in [1.165, 1.54) is 31.5 Å². The van der Waals surface area contributed by atoms with Gasteiger partial charge >= 0.3 is 0 Å². The Hall–Kier alpha value is -1.87. The van der Waals surface area contributed by atoms with Gasteiger partial charge in [0.05, 0.1) is 13.3 Å². The number of nitrogens with two attached hydrogens (primary N) is 1. The lowest BCUT2D eigenvalue weighted by atomic mass is 10.3. The number of rotatable bonds is 4. The van der Waals surface area contributed by atoms with Crippen LogP contribution in [0.5, 0.6) is 5.75 Å². The largest absolute Gasteiger partial charge is 0.495 e. The molecule has 0 spiro atoms. The molecule has 7 nitrogen and oxygen atoms in total. The number of hydrogen-bond acceptors (Lipinski definition) is 7. The number of methoxy groups -OCH3 is 1. The summed E-state index contributed by atoms with van der Waals surface area (Å²) in [6.45, 7) is 0. The maximum atomic E-state index is 12.1. The van der Waals surface area contributed by atoms with Crippen LogP contribution in [0.3, 0.4) is 0 Å². The lowest BCUT2D eigenvalue weighted by molar-refractivity contribution is 0.403. The molecule has 0 aliphatic carbocycles. The van der Waals surface area contributed by atoms with Crippen LogP contribution in [0.15, 0.2) is 29.3 Å². The highest BCUT2D eigenvalue weighted by molar-refractivity contribution is 7.93. The standard InChI is InChI=1S/C9H10N4O3S2/c1-16-7-4-6(10)2-3-8(7)18(14,15)12-9-5-11-13-17-9/h2-5,12H,10H2,1H3. The smallest absolute Gasteiger partial charge is 0.266 e. The number of anilines is 2. The zero-order valence-corrected chi connectivity index (χ0v) is 11.0. The van der Waals surface area contributed by atoms with Crippen molar-refractivity contribution in [2.75, 3.05) is 17.6 Å². The number of nitrogens with one attached hydrogen (secondary N) is 1. The highest BCUT2D eigenvalue weighted by Crippen LogP contribution is 2.28. The topological polar surface area (TPSA) is 107 Å². The summed E-state index contributed by atoms with van der Waals surface area (Å²) in [6, 6.07) is 4.31. The minimum Gasteiger partial charge on any atom is -0.495 e. The van der Waals surface area contributed by atoms with E-state index in [4.69, 9.17) is 10.5 Å². The van der Waals surface area contributed by atoms with Crippen molar-refractivity contribution < 1.29 is 13.2 Å². The third-order valence-electron chi connectivity index (χ3n) is 2.07. The van der Waals surface area contributed by atoms with Gasteiger partial charge in [-0.25, -0.2) is 8.42 Å². The Morgan fingerprint density at radius 2 is 2.22 bits per heavy atom. The predicted molar refractivity (Wildman–Crippen MR) is 68.1 cm³/mol. The fraction of sp³-hybridized carbons (Fsp3) is 0.111. The molecule has 0 aliphatic heterocycles. The van der Waals surface area contributed by atoms with Crippen molar-refractivity contribution in [1.82, 2.24) is 9.59 Å². The molecule has 9 heteroatoms. The van der Waals surface area contributed by atoms with Crippen LogP contribution in [-0.2, 0) is 10.0 Å². The van der Waals surface area contributed by atoms with Crippen LogP contribution in [0.4, 0.5) is 10.7 Å². The summed E-state index contributed by atoms with van der Waals surface area (Å²) in [7, 11) is -2.37. The monoisotopic (exact) mass is 286 g/mol. The van der Waals surface area contributed by atoms with Crippen LogP contribution < -0.4 is 15.2 Å². The number of nitrogens with zero attached hydrogens (tertiary/aromatic N) is 2. The molecule has 3 N–H and O–H groups in total. The average molecular weight is 286 g/mol. The summed E-state index contributed by atoms with van der Waals surface area (Å²) in [5.74, 6) is 0.181. The maximum Gasteiger partial charge on any atom is 0.266 e. The van der Waals surface area contributed by atoms with Gasteiger partial charge in [-0.15, -0.1) is 5.10 Å². The molecule has 0 amide bonds. The molecule has 1 heterocycles. The SMILES string of the molecule is COc1cc(N)ccc1S(=O)(=O)Nc1cnns1. The number of hydrogen-bond donors (Lipinski definition) is 2. The minimum atomic E-state index is -3.74.